The van der Waals surface area contributed by atoms with Crippen molar-refractivity contribution < 1.29 is 14.4 Å². The standard InChI is InChI=1S/C27H54N4O3/c1-19(25(4,5)6)22(32)28-13-16-31(17-14-29-23(33)20(2)26(7,8)9)18-15-30-24(34)21(3)27(10,11)12/h19-21H,13-18H2,1-12H3,(H,28,32)(H,29,33)(H,30,34). The van der Waals surface area contributed by atoms with Crippen molar-refractivity contribution in [2.75, 3.05) is 39.3 Å². The zero-order chi connectivity index (χ0) is 26.9. The van der Waals surface area contributed by atoms with Crippen molar-refractivity contribution in [3.63, 3.8) is 0 Å². The van der Waals surface area contributed by atoms with Crippen LogP contribution in [0.2, 0.25) is 0 Å². The van der Waals surface area contributed by atoms with E-state index in [4.69, 9.17) is 0 Å². The van der Waals surface area contributed by atoms with E-state index < -0.39 is 0 Å². The van der Waals surface area contributed by atoms with Gasteiger partial charge in [0.1, 0.15) is 0 Å². The molecule has 0 saturated carbocycles. The van der Waals surface area contributed by atoms with Gasteiger partial charge in [-0.15, -0.1) is 0 Å². The Balaban J connectivity index is 4.87. The largest absolute Gasteiger partial charge is 0.355 e. The van der Waals surface area contributed by atoms with Crippen LogP contribution in [0.15, 0.2) is 0 Å². The first kappa shape index (κ1) is 32.4. The fraction of sp³-hybridized carbons (Fsp3) is 0.889. The number of nitrogens with one attached hydrogen (secondary N) is 3. The van der Waals surface area contributed by atoms with E-state index in [1.54, 1.807) is 0 Å². The summed E-state index contributed by atoms with van der Waals surface area (Å²) in [5.74, 6) is -0.113. The van der Waals surface area contributed by atoms with E-state index in [0.717, 1.165) is 0 Å². The lowest BCUT2D eigenvalue weighted by Gasteiger charge is -2.29. The molecule has 0 aliphatic rings. The number of hydrogen-bond donors (Lipinski definition) is 3. The molecule has 0 heterocycles. The highest BCUT2D eigenvalue weighted by Crippen LogP contribution is 2.26. The Morgan fingerprint density at radius 1 is 0.529 bits per heavy atom. The molecule has 0 aromatic rings. The zero-order valence-electron chi connectivity index (χ0n) is 24.1. The second-order valence-corrected chi connectivity index (χ2v) is 13.0. The van der Waals surface area contributed by atoms with Gasteiger partial charge in [-0.05, 0) is 16.2 Å². The summed E-state index contributed by atoms with van der Waals surface area (Å²) < 4.78 is 0. The second kappa shape index (κ2) is 13.5. The highest BCUT2D eigenvalue weighted by atomic mass is 16.2. The van der Waals surface area contributed by atoms with E-state index >= 15 is 0 Å². The first-order chi connectivity index (χ1) is 15.3. The van der Waals surface area contributed by atoms with Crippen molar-refractivity contribution in [1.29, 1.82) is 0 Å². The molecule has 3 atom stereocenters. The fourth-order valence-corrected chi connectivity index (χ4v) is 2.99. The van der Waals surface area contributed by atoms with Crippen molar-refractivity contribution in [3.8, 4) is 0 Å². The molecule has 3 amide bonds. The van der Waals surface area contributed by atoms with Crippen molar-refractivity contribution in [2.45, 2.75) is 83.1 Å². The summed E-state index contributed by atoms with van der Waals surface area (Å²) in [6.07, 6.45) is 0. The predicted molar refractivity (Wildman–Crippen MR) is 141 cm³/mol. The third kappa shape index (κ3) is 12.2. The minimum atomic E-state index is -0.0914. The van der Waals surface area contributed by atoms with Gasteiger partial charge in [-0.25, -0.2) is 0 Å². The van der Waals surface area contributed by atoms with Crippen LogP contribution in [0.5, 0.6) is 0 Å². The summed E-state index contributed by atoms with van der Waals surface area (Å²) in [6.45, 7) is 27.9. The second-order valence-electron chi connectivity index (χ2n) is 13.0. The third-order valence-electron chi connectivity index (χ3n) is 7.26. The summed E-state index contributed by atoms with van der Waals surface area (Å²) in [6, 6.07) is 0. The first-order valence-electron chi connectivity index (χ1n) is 12.8. The Bertz CT molecular complexity index is 566. The van der Waals surface area contributed by atoms with Gasteiger partial charge in [0.15, 0.2) is 0 Å². The zero-order valence-corrected chi connectivity index (χ0v) is 24.1. The molecular formula is C27H54N4O3. The summed E-state index contributed by atoms with van der Waals surface area (Å²) in [5, 5.41) is 9.12. The van der Waals surface area contributed by atoms with E-state index in [-0.39, 0.29) is 51.7 Å². The van der Waals surface area contributed by atoms with Gasteiger partial charge in [-0.2, -0.15) is 0 Å². The first-order valence-corrected chi connectivity index (χ1v) is 12.8. The molecule has 7 nitrogen and oxygen atoms in total. The lowest BCUT2D eigenvalue weighted by molar-refractivity contribution is -0.128. The fourth-order valence-electron chi connectivity index (χ4n) is 2.99. The van der Waals surface area contributed by atoms with Crippen LogP contribution in [0, 0.1) is 34.0 Å². The normalized spacial score (nSPS) is 15.4. The van der Waals surface area contributed by atoms with Crippen LogP contribution in [0.1, 0.15) is 83.1 Å². The van der Waals surface area contributed by atoms with E-state index in [1.807, 2.05) is 20.8 Å². The summed E-state index contributed by atoms with van der Waals surface area (Å²) in [5.41, 5.74) is -0.274. The van der Waals surface area contributed by atoms with Gasteiger partial charge in [0, 0.05) is 57.0 Å². The molecule has 0 aromatic carbocycles. The average Bonchev–Trinajstić information content (AvgIpc) is 2.69. The van der Waals surface area contributed by atoms with Crippen LogP contribution in [-0.2, 0) is 14.4 Å². The van der Waals surface area contributed by atoms with Crippen molar-refractivity contribution in [2.24, 2.45) is 34.0 Å². The Morgan fingerprint density at radius 2 is 0.735 bits per heavy atom. The molecule has 0 fully saturated rings. The molecule has 0 saturated heterocycles. The maximum Gasteiger partial charge on any atom is 0.223 e. The van der Waals surface area contributed by atoms with Gasteiger partial charge >= 0.3 is 0 Å². The molecule has 0 aromatic heterocycles. The van der Waals surface area contributed by atoms with Crippen molar-refractivity contribution in [3.05, 3.63) is 0 Å². The topological polar surface area (TPSA) is 90.5 Å². The van der Waals surface area contributed by atoms with Gasteiger partial charge in [0.25, 0.3) is 0 Å². The molecule has 0 aliphatic carbocycles. The monoisotopic (exact) mass is 482 g/mol. The van der Waals surface area contributed by atoms with Crippen LogP contribution >= 0.6 is 0 Å². The van der Waals surface area contributed by atoms with Gasteiger partial charge in [0.05, 0.1) is 0 Å². The van der Waals surface area contributed by atoms with Crippen LogP contribution in [0.3, 0.4) is 0 Å². The Kier molecular flexibility index (Phi) is 12.8. The Labute approximate surface area is 209 Å². The van der Waals surface area contributed by atoms with Crippen molar-refractivity contribution in [1.82, 2.24) is 20.9 Å². The molecule has 3 N–H and O–H groups in total. The Hall–Kier alpha value is -1.63. The van der Waals surface area contributed by atoms with Crippen molar-refractivity contribution >= 4 is 17.7 Å². The minimum Gasteiger partial charge on any atom is -0.355 e. The summed E-state index contributed by atoms with van der Waals surface area (Å²) in [4.78, 5) is 39.6. The minimum absolute atomic E-state index is 0.0482. The van der Waals surface area contributed by atoms with Gasteiger partial charge in [0.2, 0.25) is 17.7 Å². The number of nitrogens with zero attached hydrogens (tertiary/aromatic N) is 1. The van der Waals surface area contributed by atoms with Crippen LogP contribution < -0.4 is 16.0 Å². The van der Waals surface area contributed by atoms with Gasteiger partial charge in [-0.3, -0.25) is 19.3 Å². The lowest BCUT2D eigenvalue weighted by atomic mass is 9.81. The van der Waals surface area contributed by atoms with Gasteiger partial charge in [-0.1, -0.05) is 83.1 Å². The highest BCUT2D eigenvalue weighted by Gasteiger charge is 2.28. The van der Waals surface area contributed by atoms with Gasteiger partial charge < -0.3 is 16.0 Å². The van der Waals surface area contributed by atoms with Crippen LogP contribution in [0.25, 0.3) is 0 Å². The molecular weight excluding hydrogens is 428 g/mol. The van der Waals surface area contributed by atoms with Crippen LogP contribution in [0.4, 0.5) is 0 Å². The van der Waals surface area contributed by atoms with E-state index in [0.29, 0.717) is 39.3 Å². The molecule has 0 rings (SSSR count). The quantitative estimate of drug-likeness (QED) is 0.396. The number of amides is 3. The van der Waals surface area contributed by atoms with Crippen LogP contribution in [-0.4, -0.2) is 61.9 Å². The lowest BCUT2D eigenvalue weighted by Crippen LogP contribution is -2.46. The number of hydrogen-bond acceptors (Lipinski definition) is 4. The molecule has 34 heavy (non-hydrogen) atoms. The van der Waals surface area contributed by atoms with E-state index in [2.05, 4.69) is 83.2 Å². The van der Waals surface area contributed by atoms with E-state index in [9.17, 15) is 14.4 Å². The molecule has 0 spiro atoms. The molecule has 7 heteroatoms. The highest BCUT2D eigenvalue weighted by molar-refractivity contribution is 5.79. The SMILES string of the molecule is CC(C(=O)NCCN(CCNC(=O)C(C)C(C)(C)C)CCNC(=O)C(C)C(C)(C)C)C(C)(C)C. The average molecular weight is 483 g/mol. The predicted octanol–water partition coefficient (Wildman–Crippen LogP) is 3.68. The molecule has 0 bridgehead atoms. The summed E-state index contributed by atoms with van der Waals surface area (Å²) >= 11 is 0. The maximum absolute atomic E-state index is 12.5. The molecule has 3 unspecified atom stereocenters. The molecule has 0 aliphatic heterocycles. The number of carbonyl (C=O) groups excluding carboxylic acids is 3. The van der Waals surface area contributed by atoms with E-state index in [1.165, 1.54) is 0 Å². The smallest absolute Gasteiger partial charge is 0.223 e. The third-order valence-corrected chi connectivity index (χ3v) is 7.26. The maximum atomic E-state index is 12.5. The molecule has 0 radical (unpaired) electrons. The molecule has 200 valence electrons. The number of carbonyl (C=O) groups is 3. The Morgan fingerprint density at radius 3 is 0.912 bits per heavy atom. The summed E-state index contributed by atoms with van der Waals surface area (Å²) in [7, 11) is 0. The number of rotatable bonds is 12.